The van der Waals surface area contributed by atoms with E-state index in [-0.39, 0.29) is 45.9 Å². The Morgan fingerprint density at radius 1 is 1.00 bits per heavy atom. The summed E-state index contributed by atoms with van der Waals surface area (Å²) in [6.45, 7) is 10.1. The fourth-order valence-corrected chi connectivity index (χ4v) is 6.72. The van der Waals surface area contributed by atoms with Crippen molar-refractivity contribution >= 4 is 34.9 Å². The third kappa shape index (κ3) is 8.35. The summed E-state index contributed by atoms with van der Waals surface area (Å²) in [5.41, 5.74) is 1.67. The molecule has 15 heteroatoms. The average molecular weight is 740 g/mol. The summed E-state index contributed by atoms with van der Waals surface area (Å²) < 4.78 is 50.6. The van der Waals surface area contributed by atoms with Gasteiger partial charge in [0.15, 0.2) is 0 Å². The van der Waals surface area contributed by atoms with Crippen molar-refractivity contribution in [1.82, 2.24) is 25.2 Å². The molecule has 2 aromatic heterocycles. The standard InChI is InChI=1S/C37H41ClF3N7O4/c1-21-20-47(35(50)36(2,3)4)12-13-48(21)32-11-10-24(17-43-32)34(49)46-28-16-31(52-37(39,40)41)26(15-27(28)38)22-6-8-23(9-7-22)30-19-44-33(45-30)29-14-25(51-5)18-42-29/h6-11,15-17,19,21,25,29,42H,12-14,18,20H2,1-5H3,(H,44,45)(H,46,49). The van der Waals surface area contributed by atoms with Gasteiger partial charge in [-0.2, -0.15) is 0 Å². The SMILES string of the molecule is COC1CNC(c2ncc(-c3ccc(-c4cc(Cl)c(NC(=O)c5ccc(N6CCN(C(=O)C(C)(C)C)CC6C)nc5)cc4OC(F)(F)F)cc3)[nH]2)C1. The molecule has 4 aromatic rings. The lowest BCUT2D eigenvalue weighted by Crippen LogP contribution is -2.56. The van der Waals surface area contributed by atoms with Crippen LogP contribution in [0.1, 0.15) is 56.3 Å². The highest BCUT2D eigenvalue weighted by Gasteiger charge is 2.34. The minimum absolute atomic E-state index is 0.00466. The summed E-state index contributed by atoms with van der Waals surface area (Å²) in [6.07, 6.45) is -1.01. The van der Waals surface area contributed by atoms with E-state index in [2.05, 4.69) is 35.2 Å². The Labute approximate surface area is 304 Å². The molecule has 2 aliphatic rings. The molecule has 2 aromatic carbocycles. The van der Waals surface area contributed by atoms with E-state index in [0.29, 0.717) is 31.0 Å². The molecule has 0 saturated carbocycles. The van der Waals surface area contributed by atoms with Crippen molar-refractivity contribution in [2.75, 3.05) is 43.5 Å². The molecule has 3 unspecified atom stereocenters. The van der Waals surface area contributed by atoms with E-state index in [1.165, 1.54) is 12.3 Å². The lowest BCUT2D eigenvalue weighted by molar-refractivity contribution is -0.274. The number of halogens is 4. The van der Waals surface area contributed by atoms with Gasteiger partial charge >= 0.3 is 6.36 Å². The Kier molecular flexibility index (Phi) is 10.5. The zero-order chi connectivity index (χ0) is 37.4. The Bertz CT molecular complexity index is 1910. The van der Waals surface area contributed by atoms with Gasteiger partial charge in [-0.25, -0.2) is 9.97 Å². The number of aromatic amines is 1. The van der Waals surface area contributed by atoms with Gasteiger partial charge in [0.1, 0.15) is 17.4 Å². The Balaban J connectivity index is 1.16. The number of hydrogen-bond donors (Lipinski definition) is 3. The van der Waals surface area contributed by atoms with E-state index < -0.39 is 23.4 Å². The second-order valence-corrected chi connectivity index (χ2v) is 14.5. The van der Waals surface area contributed by atoms with E-state index in [4.69, 9.17) is 16.3 Å². The van der Waals surface area contributed by atoms with Gasteiger partial charge in [0.2, 0.25) is 5.91 Å². The summed E-state index contributed by atoms with van der Waals surface area (Å²) in [7, 11) is 1.67. The van der Waals surface area contributed by atoms with Gasteiger partial charge in [0, 0.05) is 62.6 Å². The van der Waals surface area contributed by atoms with Crippen LogP contribution in [0.4, 0.5) is 24.7 Å². The maximum Gasteiger partial charge on any atom is 0.573 e. The first-order valence-electron chi connectivity index (χ1n) is 16.9. The number of piperazine rings is 1. The first kappa shape index (κ1) is 37.1. The van der Waals surface area contributed by atoms with Crippen molar-refractivity contribution in [2.45, 2.75) is 58.7 Å². The Hall–Kier alpha value is -4.66. The minimum Gasteiger partial charge on any atom is -0.405 e. The predicted octanol–water partition coefficient (Wildman–Crippen LogP) is 7.08. The molecule has 0 spiro atoms. The van der Waals surface area contributed by atoms with E-state index in [1.807, 2.05) is 32.6 Å². The third-order valence-corrected chi connectivity index (χ3v) is 9.57. The molecule has 0 aliphatic carbocycles. The summed E-state index contributed by atoms with van der Waals surface area (Å²) in [5.74, 6) is 0.351. The van der Waals surface area contributed by atoms with Gasteiger partial charge < -0.3 is 34.9 Å². The van der Waals surface area contributed by atoms with Gasteiger partial charge in [0.05, 0.1) is 40.3 Å². The second-order valence-electron chi connectivity index (χ2n) is 14.1. The average Bonchev–Trinajstić information content (AvgIpc) is 3.79. The number of alkyl halides is 3. The smallest absolute Gasteiger partial charge is 0.405 e. The lowest BCUT2D eigenvalue weighted by atomic mass is 9.94. The van der Waals surface area contributed by atoms with E-state index >= 15 is 0 Å². The summed E-state index contributed by atoms with van der Waals surface area (Å²) in [4.78, 5) is 42.2. The molecule has 6 rings (SSSR count). The van der Waals surface area contributed by atoms with E-state index in [9.17, 15) is 22.8 Å². The maximum absolute atomic E-state index is 13.6. The number of benzene rings is 2. The highest BCUT2D eigenvalue weighted by molar-refractivity contribution is 6.34. The van der Waals surface area contributed by atoms with Crippen molar-refractivity contribution < 1.29 is 32.2 Å². The molecule has 3 N–H and O–H groups in total. The van der Waals surface area contributed by atoms with Crippen molar-refractivity contribution in [2.24, 2.45) is 5.41 Å². The number of nitrogens with one attached hydrogen (secondary N) is 3. The van der Waals surface area contributed by atoms with Crippen LogP contribution in [0, 0.1) is 5.41 Å². The van der Waals surface area contributed by atoms with Gasteiger partial charge in [-0.05, 0) is 42.7 Å². The molecule has 0 radical (unpaired) electrons. The van der Waals surface area contributed by atoms with Crippen LogP contribution in [0.5, 0.6) is 5.75 Å². The van der Waals surface area contributed by atoms with Gasteiger partial charge in [-0.3, -0.25) is 9.59 Å². The fraction of sp³-hybridized carbons (Fsp3) is 0.405. The first-order chi connectivity index (χ1) is 24.6. The van der Waals surface area contributed by atoms with Gasteiger partial charge in [-0.1, -0.05) is 56.6 Å². The topological polar surface area (TPSA) is 125 Å². The van der Waals surface area contributed by atoms with Crippen molar-refractivity contribution in [3.8, 4) is 28.1 Å². The summed E-state index contributed by atoms with van der Waals surface area (Å²) >= 11 is 6.54. The van der Waals surface area contributed by atoms with Crippen molar-refractivity contribution in [3.05, 3.63) is 77.3 Å². The van der Waals surface area contributed by atoms with Crippen LogP contribution in [-0.2, 0) is 9.53 Å². The maximum atomic E-state index is 13.6. The summed E-state index contributed by atoms with van der Waals surface area (Å²) in [5, 5.41) is 5.98. The van der Waals surface area contributed by atoms with Crippen LogP contribution in [0.2, 0.25) is 5.02 Å². The molecule has 2 amide bonds. The molecular formula is C37H41ClF3N7O4. The number of imidazole rings is 1. The number of anilines is 2. The molecule has 2 fully saturated rings. The normalized spacial score (nSPS) is 19.5. The minimum atomic E-state index is -5.01. The monoisotopic (exact) mass is 739 g/mol. The number of hydrogen-bond acceptors (Lipinski definition) is 8. The predicted molar refractivity (Wildman–Crippen MR) is 192 cm³/mol. The molecule has 2 saturated heterocycles. The quantitative estimate of drug-likeness (QED) is 0.175. The van der Waals surface area contributed by atoms with E-state index in [1.54, 1.807) is 49.7 Å². The lowest BCUT2D eigenvalue weighted by Gasteiger charge is -2.42. The van der Waals surface area contributed by atoms with Crippen LogP contribution in [0.25, 0.3) is 22.4 Å². The fourth-order valence-electron chi connectivity index (χ4n) is 6.51. The number of ether oxygens (including phenoxy) is 2. The number of nitrogens with zero attached hydrogens (tertiary/aromatic N) is 4. The van der Waals surface area contributed by atoms with Crippen LogP contribution in [0.3, 0.4) is 0 Å². The molecular weight excluding hydrogens is 699 g/mol. The number of carbonyl (C=O) groups is 2. The number of rotatable bonds is 8. The molecule has 0 bridgehead atoms. The number of pyridine rings is 1. The third-order valence-electron chi connectivity index (χ3n) is 9.26. The molecule has 52 heavy (non-hydrogen) atoms. The molecule has 4 heterocycles. The number of H-pyrrole nitrogens is 1. The highest BCUT2D eigenvalue weighted by Crippen LogP contribution is 2.41. The molecule has 11 nitrogen and oxygen atoms in total. The Morgan fingerprint density at radius 3 is 2.35 bits per heavy atom. The number of methoxy groups -OCH3 is 1. The van der Waals surface area contributed by atoms with Crippen LogP contribution in [-0.4, -0.2) is 83.5 Å². The number of aromatic nitrogens is 3. The zero-order valence-corrected chi connectivity index (χ0v) is 30.2. The molecule has 3 atom stereocenters. The number of amides is 2. The van der Waals surface area contributed by atoms with E-state index in [0.717, 1.165) is 36.1 Å². The van der Waals surface area contributed by atoms with Crippen LogP contribution < -0.4 is 20.3 Å². The van der Waals surface area contributed by atoms with Crippen LogP contribution in [0.15, 0.2) is 60.9 Å². The van der Waals surface area contributed by atoms with Crippen molar-refractivity contribution in [3.63, 3.8) is 0 Å². The first-order valence-corrected chi connectivity index (χ1v) is 17.3. The summed E-state index contributed by atoms with van der Waals surface area (Å²) in [6, 6.07) is 12.5. The second kappa shape index (κ2) is 14.8. The van der Waals surface area contributed by atoms with Gasteiger partial charge in [0.25, 0.3) is 5.91 Å². The molecule has 2 aliphatic heterocycles. The van der Waals surface area contributed by atoms with Crippen LogP contribution >= 0.6 is 11.6 Å². The van der Waals surface area contributed by atoms with Gasteiger partial charge in [-0.15, -0.1) is 13.2 Å². The molecule has 276 valence electrons. The highest BCUT2D eigenvalue weighted by atomic mass is 35.5. The number of carbonyl (C=O) groups excluding carboxylic acids is 2. The zero-order valence-electron chi connectivity index (χ0n) is 29.5. The largest absolute Gasteiger partial charge is 0.573 e. The Morgan fingerprint density at radius 2 is 1.73 bits per heavy atom. The van der Waals surface area contributed by atoms with Crippen molar-refractivity contribution in [1.29, 1.82) is 0 Å².